The first kappa shape index (κ1) is 14.9. The van der Waals surface area contributed by atoms with Crippen molar-refractivity contribution in [1.29, 1.82) is 0 Å². The quantitative estimate of drug-likeness (QED) is 0.735. The summed E-state index contributed by atoms with van der Waals surface area (Å²) in [7, 11) is 0. The maximum atomic E-state index is 11.7. The Labute approximate surface area is 112 Å². The number of aromatic nitrogens is 2. The summed E-state index contributed by atoms with van der Waals surface area (Å²) in [5.41, 5.74) is 5.17. The first-order chi connectivity index (χ1) is 9.08. The Morgan fingerprint density at radius 3 is 2.42 bits per heavy atom. The average molecular weight is 265 g/mol. The Balaban J connectivity index is 2.41. The molecule has 7 nitrogen and oxygen atoms in total. The van der Waals surface area contributed by atoms with Crippen LogP contribution in [-0.2, 0) is 4.79 Å². The van der Waals surface area contributed by atoms with Gasteiger partial charge in [-0.2, -0.15) is 0 Å². The van der Waals surface area contributed by atoms with E-state index in [0.29, 0.717) is 31.9 Å². The molecule has 0 unspecified atom stereocenters. The van der Waals surface area contributed by atoms with Crippen LogP contribution < -0.4 is 11.1 Å². The van der Waals surface area contributed by atoms with E-state index in [9.17, 15) is 9.59 Å². The van der Waals surface area contributed by atoms with Crippen LogP contribution in [0, 0.1) is 0 Å². The fraction of sp³-hybridized carbons (Fsp3) is 0.500. The third-order valence-corrected chi connectivity index (χ3v) is 2.68. The number of hydrogen-bond donors (Lipinski definition) is 2. The van der Waals surface area contributed by atoms with Gasteiger partial charge in [0.05, 0.1) is 0 Å². The third-order valence-electron chi connectivity index (χ3n) is 2.68. The molecule has 3 N–H and O–H groups in total. The fourth-order valence-corrected chi connectivity index (χ4v) is 1.59. The van der Waals surface area contributed by atoms with E-state index >= 15 is 0 Å². The molecular formula is C12H19N5O2. The summed E-state index contributed by atoms with van der Waals surface area (Å²) >= 11 is 0. The van der Waals surface area contributed by atoms with Crippen molar-refractivity contribution >= 4 is 17.6 Å². The molecule has 7 heteroatoms. The van der Waals surface area contributed by atoms with Gasteiger partial charge in [-0.1, -0.05) is 0 Å². The standard InChI is InChI=1S/C12H19N5O2/c1-3-17(4-2)11(18)7-8-14-10-6-5-9(12(13)19)15-16-10/h5-6H,3-4,7-8H2,1-2H3,(H2,13,19)(H,14,16). The summed E-state index contributed by atoms with van der Waals surface area (Å²) < 4.78 is 0. The number of anilines is 1. The van der Waals surface area contributed by atoms with Gasteiger partial charge in [-0.05, 0) is 26.0 Å². The van der Waals surface area contributed by atoms with E-state index in [4.69, 9.17) is 5.73 Å². The second-order valence-corrected chi connectivity index (χ2v) is 3.91. The van der Waals surface area contributed by atoms with Crippen molar-refractivity contribution in [2.24, 2.45) is 5.73 Å². The van der Waals surface area contributed by atoms with E-state index in [1.807, 2.05) is 13.8 Å². The predicted octanol–water partition coefficient (Wildman–Crippen LogP) is 0.246. The van der Waals surface area contributed by atoms with E-state index in [1.54, 1.807) is 11.0 Å². The number of amides is 2. The molecule has 1 rings (SSSR count). The van der Waals surface area contributed by atoms with E-state index in [2.05, 4.69) is 15.5 Å². The van der Waals surface area contributed by atoms with Crippen LogP contribution >= 0.6 is 0 Å². The van der Waals surface area contributed by atoms with Gasteiger partial charge >= 0.3 is 0 Å². The predicted molar refractivity (Wildman–Crippen MR) is 71.6 cm³/mol. The zero-order chi connectivity index (χ0) is 14.3. The number of primary amides is 1. The van der Waals surface area contributed by atoms with E-state index < -0.39 is 5.91 Å². The molecule has 0 aromatic carbocycles. The molecule has 0 bridgehead atoms. The van der Waals surface area contributed by atoms with Gasteiger partial charge in [0.2, 0.25) is 5.91 Å². The van der Waals surface area contributed by atoms with Crippen molar-refractivity contribution in [3.8, 4) is 0 Å². The van der Waals surface area contributed by atoms with Crippen molar-refractivity contribution in [3.05, 3.63) is 17.8 Å². The zero-order valence-electron chi connectivity index (χ0n) is 11.2. The van der Waals surface area contributed by atoms with Crippen LogP contribution in [-0.4, -0.2) is 46.5 Å². The molecule has 0 aliphatic heterocycles. The highest BCUT2D eigenvalue weighted by molar-refractivity contribution is 5.90. The van der Waals surface area contributed by atoms with Crippen molar-refractivity contribution in [2.75, 3.05) is 25.0 Å². The highest BCUT2D eigenvalue weighted by Gasteiger charge is 2.09. The number of carbonyl (C=O) groups is 2. The summed E-state index contributed by atoms with van der Waals surface area (Å²) in [6, 6.07) is 3.10. The van der Waals surface area contributed by atoms with Gasteiger partial charge < -0.3 is 16.0 Å². The molecule has 0 saturated heterocycles. The number of hydrogen-bond acceptors (Lipinski definition) is 5. The molecule has 0 atom stereocenters. The minimum absolute atomic E-state index is 0.0965. The van der Waals surface area contributed by atoms with Crippen LogP contribution in [0.15, 0.2) is 12.1 Å². The molecule has 104 valence electrons. The summed E-state index contributed by atoms with van der Waals surface area (Å²) in [6.07, 6.45) is 0.390. The van der Waals surface area contributed by atoms with Gasteiger partial charge in [-0.3, -0.25) is 9.59 Å². The Bertz CT molecular complexity index is 428. The van der Waals surface area contributed by atoms with E-state index in [-0.39, 0.29) is 11.6 Å². The first-order valence-corrected chi connectivity index (χ1v) is 6.23. The molecule has 0 aliphatic carbocycles. The van der Waals surface area contributed by atoms with Crippen LogP contribution in [0.1, 0.15) is 30.8 Å². The van der Waals surface area contributed by atoms with Gasteiger partial charge in [0.1, 0.15) is 5.82 Å². The van der Waals surface area contributed by atoms with Crippen LogP contribution in [0.4, 0.5) is 5.82 Å². The van der Waals surface area contributed by atoms with E-state index in [0.717, 1.165) is 0 Å². The third kappa shape index (κ3) is 4.53. The smallest absolute Gasteiger partial charge is 0.269 e. The van der Waals surface area contributed by atoms with Crippen LogP contribution in [0.25, 0.3) is 0 Å². The average Bonchev–Trinajstić information content (AvgIpc) is 2.40. The van der Waals surface area contributed by atoms with Gasteiger partial charge in [0, 0.05) is 26.1 Å². The van der Waals surface area contributed by atoms with Crippen molar-refractivity contribution in [3.63, 3.8) is 0 Å². The SMILES string of the molecule is CCN(CC)C(=O)CCNc1ccc(C(N)=O)nn1. The Kier molecular flexibility index (Phi) is 5.72. The van der Waals surface area contributed by atoms with Gasteiger partial charge in [0.15, 0.2) is 5.69 Å². The molecular weight excluding hydrogens is 246 g/mol. The first-order valence-electron chi connectivity index (χ1n) is 6.23. The monoisotopic (exact) mass is 265 g/mol. The summed E-state index contributed by atoms with van der Waals surface area (Å²) in [4.78, 5) is 24.3. The largest absolute Gasteiger partial charge is 0.368 e. The number of carbonyl (C=O) groups excluding carboxylic acids is 2. The molecule has 2 amide bonds. The minimum atomic E-state index is -0.615. The molecule has 1 aromatic rings. The molecule has 1 heterocycles. The van der Waals surface area contributed by atoms with Crippen LogP contribution in [0.3, 0.4) is 0 Å². The summed E-state index contributed by atoms with van der Waals surface area (Å²) in [5.74, 6) is -0.00711. The van der Waals surface area contributed by atoms with Crippen LogP contribution in [0.2, 0.25) is 0 Å². The number of nitrogens with two attached hydrogens (primary N) is 1. The second kappa shape index (κ2) is 7.30. The zero-order valence-corrected chi connectivity index (χ0v) is 11.2. The normalized spacial score (nSPS) is 10.0. The van der Waals surface area contributed by atoms with Crippen molar-refractivity contribution < 1.29 is 9.59 Å². The molecule has 0 aliphatic rings. The van der Waals surface area contributed by atoms with Gasteiger partial charge in [-0.25, -0.2) is 0 Å². The molecule has 0 fully saturated rings. The Morgan fingerprint density at radius 1 is 1.26 bits per heavy atom. The summed E-state index contributed by atoms with van der Waals surface area (Å²) in [5, 5.41) is 10.4. The lowest BCUT2D eigenvalue weighted by Crippen LogP contribution is -2.31. The maximum Gasteiger partial charge on any atom is 0.269 e. The highest BCUT2D eigenvalue weighted by atomic mass is 16.2. The highest BCUT2D eigenvalue weighted by Crippen LogP contribution is 2.02. The Morgan fingerprint density at radius 2 is 1.95 bits per heavy atom. The van der Waals surface area contributed by atoms with Crippen molar-refractivity contribution in [1.82, 2.24) is 15.1 Å². The lowest BCUT2D eigenvalue weighted by atomic mass is 10.3. The Hall–Kier alpha value is -2.18. The van der Waals surface area contributed by atoms with Crippen LogP contribution in [0.5, 0.6) is 0 Å². The molecule has 1 aromatic heterocycles. The lowest BCUT2D eigenvalue weighted by Gasteiger charge is -2.18. The number of nitrogens with one attached hydrogen (secondary N) is 1. The van der Waals surface area contributed by atoms with Crippen molar-refractivity contribution in [2.45, 2.75) is 20.3 Å². The fourth-order valence-electron chi connectivity index (χ4n) is 1.59. The van der Waals surface area contributed by atoms with Gasteiger partial charge in [0.25, 0.3) is 5.91 Å². The molecule has 0 saturated carbocycles. The lowest BCUT2D eigenvalue weighted by molar-refractivity contribution is -0.130. The van der Waals surface area contributed by atoms with E-state index in [1.165, 1.54) is 6.07 Å². The summed E-state index contributed by atoms with van der Waals surface area (Å²) in [6.45, 7) is 5.79. The minimum Gasteiger partial charge on any atom is -0.368 e. The molecule has 19 heavy (non-hydrogen) atoms. The van der Waals surface area contributed by atoms with Gasteiger partial charge in [-0.15, -0.1) is 10.2 Å². The topological polar surface area (TPSA) is 101 Å². The molecule has 0 radical (unpaired) electrons. The number of rotatable bonds is 7. The maximum absolute atomic E-state index is 11.7. The molecule has 0 spiro atoms. The number of nitrogens with zero attached hydrogens (tertiary/aromatic N) is 3. The second-order valence-electron chi connectivity index (χ2n) is 3.91.